The van der Waals surface area contributed by atoms with E-state index in [9.17, 15) is 0 Å². The van der Waals surface area contributed by atoms with Crippen molar-refractivity contribution in [3.05, 3.63) is 47.0 Å². The van der Waals surface area contributed by atoms with Crippen molar-refractivity contribution in [2.45, 2.75) is 25.7 Å². The van der Waals surface area contributed by atoms with Crippen LogP contribution in [0.1, 0.15) is 30.0 Å². The molecule has 1 N–H and O–H groups in total. The molecule has 1 aromatic carbocycles. The molecule has 100 valence electrons. The fraction of sp³-hybridized carbons (Fsp3) is 0.400. The van der Waals surface area contributed by atoms with Gasteiger partial charge in [0.15, 0.2) is 0 Å². The molecule has 3 rings (SSSR count). The predicted octanol–water partition coefficient (Wildman–Crippen LogP) is 3.30. The molecule has 1 aromatic heterocycles. The summed E-state index contributed by atoms with van der Waals surface area (Å²) in [6.45, 7) is 4.26. The van der Waals surface area contributed by atoms with Crippen molar-refractivity contribution < 1.29 is 0 Å². The zero-order chi connectivity index (χ0) is 13.2. The zero-order valence-electron chi connectivity index (χ0n) is 11.1. The van der Waals surface area contributed by atoms with Gasteiger partial charge in [-0.25, -0.2) is 4.98 Å². The number of nitrogens with zero attached hydrogens (tertiary/aromatic N) is 2. The molecular formula is C15H18ClN3. The molecule has 0 radical (unpaired) electrons. The van der Waals surface area contributed by atoms with Crippen molar-refractivity contribution in [3.8, 4) is 5.69 Å². The number of rotatable bonds is 2. The number of imidazole rings is 1. The summed E-state index contributed by atoms with van der Waals surface area (Å²) in [5.41, 5.74) is 3.63. The molecule has 2 aromatic rings. The predicted molar refractivity (Wildman–Crippen MR) is 78.2 cm³/mol. The Morgan fingerprint density at radius 2 is 2.32 bits per heavy atom. The number of benzene rings is 1. The number of aromatic nitrogens is 2. The van der Waals surface area contributed by atoms with Gasteiger partial charge in [-0.3, -0.25) is 0 Å². The highest BCUT2D eigenvalue weighted by molar-refractivity contribution is 6.30. The highest BCUT2D eigenvalue weighted by Crippen LogP contribution is 2.27. The normalized spacial score (nSPS) is 19.6. The molecule has 0 spiro atoms. The molecule has 0 amide bonds. The van der Waals surface area contributed by atoms with Crippen LogP contribution in [-0.4, -0.2) is 22.6 Å². The number of hydrogen-bond acceptors (Lipinski definition) is 2. The fourth-order valence-corrected chi connectivity index (χ4v) is 3.03. The first-order valence-electron chi connectivity index (χ1n) is 6.75. The first-order valence-corrected chi connectivity index (χ1v) is 7.13. The Labute approximate surface area is 118 Å². The molecule has 1 fully saturated rings. The summed E-state index contributed by atoms with van der Waals surface area (Å²) in [6.07, 6.45) is 6.35. The molecular weight excluding hydrogens is 258 g/mol. The van der Waals surface area contributed by atoms with Gasteiger partial charge in [-0.1, -0.05) is 11.6 Å². The lowest BCUT2D eigenvalue weighted by atomic mass is 9.96. The summed E-state index contributed by atoms with van der Waals surface area (Å²) in [7, 11) is 0. The summed E-state index contributed by atoms with van der Waals surface area (Å²) in [5.74, 6) is 0.548. The minimum atomic E-state index is 0.548. The smallest absolute Gasteiger partial charge is 0.0994 e. The van der Waals surface area contributed by atoms with Gasteiger partial charge < -0.3 is 9.88 Å². The highest BCUT2D eigenvalue weighted by atomic mass is 35.5. The van der Waals surface area contributed by atoms with Gasteiger partial charge >= 0.3 is 0 Å². The lowest BCUT2D eigenvalue weighted by Gasteiger charge is -2.24. The van der Waals surface area contributed by atoms with Crippen molar-refractivity contribution in [1.82, 2.24) is 14.9 Å². The van der Waals surface area contributed by atoms with Gasteiger partial charge in [-0.15, -0.1) is 0 Å². The molecule has 1 atom stereocenters. The van der Waals surface area contributed by atoms with E-state index < -0.39 is 0 Å². The van der Waals surface area contributed by atoms with E-state index in [2.05, 4.69) is 27.9 Å². The van der Waals surface area contributed by atoms with Gasteiger partial charge in [0.05, 0.1) is 6.33 Å². The van der Waals surface area contributed by atoms with E-state index in [1.54, 1.807) is 0 Å². The van der Waals surface area contributed by atoms with Crippen LogP contribution in [0.25, 0.3) is 5.69 Å². The SMILES string of the molecule is Cc1cc(Cl)ccc1-n1cncc1C1CCCNC1. The van der Waals surface area contributed by atoms with Crippen LogP contribution in [0.4, 0.5) is 0 Å². The zero-order valence-corrected chi connectivity index (χ0v) is 11.8. The third-order valence-corrected chi connectivity index (χ3v) is 4.04. The Bertz CT molecular complexity index is 571. The molecule has 19 heavy (non-hydrogen) atoms. The number of aryl methyl sites for hydroxylation is 1. The Morgan fingerprint density at radius 3 is 3.05 bits per heavy atom. The first-order chi connectivity index (χ1) is 9.25. The van der Waals surface area contributed by atoms with Crippen LogP contribution in [0.15, 0.2) is 30.7 Å². The monoisotopic (exact) mass is 275 g/mol. The van der Waals surface area contributed by atoms with Crippen LogP contribution >= 0.6 is 11.6 Å². The summed E-state index contributed by atoms with van der Waals surface area (Å²) < 4.78 is 2.20. The van der Waals surface area contributed by atoms with Crippen molar-refractivity contribution in [2.24, 2.45) is 0 Å². The van der Waals surface area contributed by atoms with Gasteiger partial charge in [0.2, 0.25) is 0 Å². The summed E-state index contributed by atoms with van der Waals surface area (Å²) in [4.78, 5) is 4.34. The van der Waals surface area contributed by atoms with E-state index in [0.717, 1.165) is 18.1 Å². The highest BCUT2D eigenvalue weighted by Gasteiger charge is 2.19. The minimum Gasteiger partial charge on any atom is -0.316 e. The van der Waals surface area contributed by atoms with E-state index in [1.807, 2.05) is 24.7 Å². The van der Waals surface area contributed by atoms with E-state index >= 15 is 0 Å². The van der Waals surface area contributed by atoms with Crippen molar-refractivity contribution in [3.63, 3.8) is 0 Å². The maximum atomic E-state index is 6.03. The molecule has 3 nitrogen and oxygen atoms in total. The average Bonchev–Trinajstić information content (AvgIpc) is 2.89. The molecule has 4 heteroatoms. The van der Waals surface area contributed by atoms with Gasteiger partial charge in [0, 0.05) is 35.1 Å². The van der Waals surface area contributed by atoms with Crippen LogP contribution < -0.4 is 5.32 Å². The number of nitrogens with one attached hydrogen (secondary N) is 1. The van der Waals surface area contributed by atoms with E-state index in [-0.39, 0.29) is 0 Å². The third-order valence-electron chi connectivity index (χ3n) is 3.80. The second-order valence-electron chi connectivity index (χ2n) is 5.16. The molecule has 2 heterocycles. The molecule has 0 saturated carbocycles. The Kier molecular flexibility index (Phi) is 3.58. The van der Waals surface area contributed by atoms with Gasteiger partial charge in [0.25, 0.3) is 0 Å². The van der Waals surface area contributed by atoms with Crippen molar-refractivity contribution in [1.29, 1.82) is 0 Å². The summed E-state index contributed by atoms with van der Waals surface area (Å²) in [5, 5.41) is 4.24. The lowest BCUT2D eigenvalue weighted by Crippen LogP contribution is -2.29. The standard InChI is InChI=1S/C15H18ClN3/c1-11-7-13(16)4-5-14(11)19-10-18-9-15(19)12-3-2-6-17-8-12/h4-5,7,9-10,12,17H,2-3,6,8H2,1H3. The summed E-state index contributed by atoms with van der Waals surface area (Å²) in [6, 6.07) is 6.01. The van der Waals surface area contributed by atoms with E-state index in [1.165, 1.54) is 29.8 Å². The van der Waals surface area contributed by atoms with E-state index in [0.29, 0.717) is 5.92 Å². The second kappa shape index (κ2) is 5.35. The van der Waals surface area contributed by atoms with Crippen LogP contribution in [0.2, 0.25) is 5.02 Å². The maximum Gasteiger partial charge on any atom is 0.0994 e. The molecule has 0 aliphatic carbocycles. The number of piperidine rings is 1. The minimum absolute atomic E-state index is 0.548. The first kappa shape index (κ1) is 12.7. The Morgan fingerprint density at radius 1 is 1.42 bits per heavy atom. The van der Waals surface area contributed by atoms with Crippen LogP contribution in [0.5, 0.6) is 0 Å². The van der Waals surface area contributed by atoms with Gasteiger partial charge in [-0.05, 0) is 50.1 Å². The van der Waals surface area contributed by atoms with Gasteiger partial charge in [-0.2, -0.15) is 0 Å². The van der Waals surface area contributed by atoms with E-state index in [4.69, 9.17) is 11.6 Å². The average molecular weight is 276 g/mol. The quantitative estimate of drug-likeness (QED) is 0.911. The Hall–Kier alpha value is -1.32. The van der Waals surface area contributed by atoms with Crippen molar-refractivity contribution in [2.75, 3.05) is 13.1 Å². The molecule has 1 unspecified atom stereocenters. The number of halogens is 1. The third kappa shape index (κ3) is 2.53. The summed E-state index contributed by atoms with van der Waals surface area (Å²) >= 11 is 6.03. The van der Waals surface area contributed by atoms with Gasteiger partial charge in [0.1, 0.15) is 0 Å². The lowest BCUT2D eigenvalue weighted by molar-refractivity contribution is 0.451. The van der Waals surface area contributed by atoms with Crippen LogP contribution in [0, 0.1) is 6.92 Å². The fourth-order valence-electron chi connectivity index (χ4n) is 2.80. The largest absolute Gasteiger partial charge is 0.316 e. The van der Waals surface area contributed by atoms with Crippen LogP contribution in [-0.2, 0) is 0 Å². The molecule has 0 bridgehead atoms. The molecule has 1 saturated heterocycles. The second-order valence-corrected chi connectivity index (χ2v) is 5.60. The number of hydrogen-bond donors (Lipinski definition) is 1. The topological polar surface area (TPSA) is 29.9 Å². The Balaban J connectivity index is 1.99. The molecule has 1 aliphatic rings. The maximum absolute atomic E-state index is 6.03. The van der Waals surface area contributed by atoms with Crippen molar-refractivity contribution >= 4 is 11.6 Å². The molecule has 1 aliphatic heterocycles. The van der Waals surface area contributed by atoms with Crippen LogP contribution in [0.3, 0.4) is 0 Å².